The number of methoxy groups -OCH3 is 1. The summed E-state index contributed by atoms with van der Waals surface area (Å²) in [6, 6.07) is 11.0. The summed E-state index contributed by atoms with van der Waals surface area (Å²) in [5.74, 6) is -0.364. The monoisotopic (exact) mass is 438 g/mol. The van der Waals surface area contributed by atoms with Crippen molar-refractivity contribution in [2.45, 2.75) is 19.4 Å². The second-order valence-corrected chi connectivity index (χ2v) is 7.52. The van der Waals surface area contributed by atoms with Gasteiger partial charge in [-0.15, -0.1) is 0 Å². The van der Waals surface area contributed by atoms with Crippen LogP contribution in [-0.4, -0.2) is 41.1 Å². The Balaban J connectivity index is 1.34. The molecule has 0 aliphatic rings. The van der Waals surface area contributed by atoms with E-state index in [0.29, 0.717) is 13.2 Å². The van der Waals surface area contributed by atoms with Crippen LogP contribution in [0.2, 0.25) is 0 Å². The van der Waals surface area contributed by atoms with Crippen molar-refractivity contribution in [2.75, 3.05) is 20.3 Å². The lowest BCUT2D eigenvalue weighted by Crippen LogP contribution is -2.31. The van der Waals surface area contributed by atoms with Crippen LogP contribution in [0.3, 0.4) is 0 Å². The summed E-state index contributed by atoms with van der Waals surface area (Å²) in [6.07, 6.45) is 6.37. The van der Waals surface area contributed by atoms with Crippen LogP contribution >= 0.6 is 0 Å². The van der Waals surface area contributed by atoms with Gasteiger partial charge in [0.15, 0.2) is 0 Å². The van der Waals surface area contributed by atoms with Gasteiger partial charge in [-0.25, -0.2) is 13.5 Å². The maximum atomic E-state index is 13.2. The van der Waals surface area contributed by atoms with Crippen molar-refractivity contribution in [1.82, 2.24) is 20.1 Å². The fourth-order valence-electron chi connectivity index (χ4n) is 3.55. The van der Waals surface area contributed by atoms with E-state index in [4.69, 9.17) is 9.47 Å². The summed E-state index contributed by atoms with van der Waals surface area (Å²) in [7, 11) is 1.64. The van der Waals surface area contributed by atoms with Gasteiger partial charge in [0, 0.05) is 48.6 Å². The second kappa shape index (κ2) is 9.74. The predicted molar refractivity (Wildman–Crippen MR) is 118 cm³/mol. The van der Waals surface area contributed by atoms with E-state index in [1.807, 2.05) is 41.3 Å². The van der Waals surface area contributed by atoms with Crippen LogP contribution < -0.4 is 14.8 Å². The van der Waals surface area contributed by atoms with Crippen LogP contribution in [0.4, 0.5) is 8.78 Å². The van der Waals surface area contributed by atoms with Crippen molar-refractivity contribution in [3.63, 3.8) is 0 Å². The third-order valence-corrected chi connectivity index (χ3v) is 5.05. The average molecular weight is 438 g/mol. The lowest BCUT2D eigenvalue weighted by Gasteiger charge is -2.13. The Morgan fingerprint density at radius 2 is 1.88 bits per heavy atom. The van der Waals surface area contributed by atoms with Gasteiger partial charge in [-0.3, -0.25) is 4.98 Å². The van der Waals surface area contributed by atoms with Crippen molar-refractivity contribution in [3.05, 3.63) is 78.3 Å². The topological polar surface area (TPSA) is 61.2 Å². The summed E-state index contributed by atoms with van der Waals surface area (Å²) < 4.78 is 39.0. The summed E-state index contributed by atoms with van der Waals surface area (Å²) in [5.41, 5.74) is 2.87. The van der Waals surface area contributed by atoms with Gasteiger partial charge in [0.2, 0.25) is 0 Å². The molecule has 32 heavy (non-hydrogen) atoms. The molecule has 2 heterocycles. The highest BCUT2D eigenvalue weighted by atomic mass is 19.1. The highest BCUT2D eigenvalue weighted by Crippen LogP contribution is 2.25. The Morgan fingerprint density at radius 3 is 2.66 bits per heavy atom. The molecule has 0 bridgehead atoms. The smallest absolute Gasteiger partial charge is 0.129 e. The molecule has 4 aromatic rings. The van der Waals surface area contributed by atoms with Crippen LogP contribution in [0, 0.1) is 11.6 Å². The second-order valence-electron chi connectivity index (χ2n) is 7.52. The molecule has 1 N–H and O–H groups in total. The van der Waals surface area contributed by atoms with Crippen LogP contribution in [0.5, 0.6) is 11.5 Å². The van der Waals surface area contributed by atoms with Crippen molar-refractivity contribution < 1.29 is 18.3 Å². The molecule has 166 valence electrons. The van der Waals surface area contributed by atoms with Crippen LogP contribution in [0.1, 0.15) is 12.5 Å². The summed E-state index contributed by atoms with van der Waals surface area (Å²) in [4.78, 5) is 4.41. The Bertz CT molecular complexity index is 1190. The van der Waals surface area contributed by atoms with Gasteiger partial charge in [0.05, 0.1) is 24.5 Å². The summed E-state index contributed by atoms with van der Waals surface area (Å²) >= 11 is 0. The maximum Gasteiger partial charge on any atom is 0.129 e. The minimum Gasteiger partial charge on any atom is -0.497 e. The number of rotatable bonds is 9. The predicted octanol–water partition coefficient (Wildman–Crippen LogP) is 4.31. The zero-order chi connectivity index (χ0) is 22.5. The molecule has 4 rings (SSSR count). The van der Waals surface area contributed by atoms with Gasteiger partial charge < -0.3 is 14.8 Å². The Morgan fingerprint density at radius 1 is 1.06 bits per heavy atom. The molecule has 0 saturated carbocycles. The Hall–Kier alpha value is -3.52. The van der Waals surface area contributed by atoms with E-state index < -0.39 is 11.6 Å². The number of fused-ring (bicyclic) bond motifs is 1. The number of aromatic nitrogens is 3. The standard InChI is InChI=1S/C24H24F2N4O2/c1-16(27-7-8-32-21-11-18(25)10-19(26)12-21)9-17-14-29-30(15-17)24-5-6-28-23-4-3-20(31-2)13-22(23)24/h3-6,10-16,27H,7-9H2,1-2H3. The van der Waals surface area contributed by atoms with Gasteiger partial charge >= 0.3 is 0 Å². The van der Waals surface area contributed by atoms with E-state index in [1.54, 1.807) is 13.3 Å². The van der Waals surface area contributed by atoms with Crippen LogP contribution in [0.25, 0.3) is 16.6 Å². The molecule has 0 saturated heterocycles. The van der Waals surface area contributed by atoms with E-state index >= 15 is 0 Å². The highest BCUT2D eigenvalue weighted by molar-refractivity contribution is 5.88. The van der Waals surface area contributed by atoms with Gasteiger partial charge in [-0.05, 0) is 43.2 Å². The zero-order valence-corrected chi connectivity index (χ0v) is 17.9. The van der Waals surface area contributed by atoms with Crippen LogP contribution in [-0.2, 0) is 6.42 Å². The molecule has 2 aromatic heterocycles. The normalized spacial score (nSPS) is 12.1. The average Bonchev–Trinajstić information content (AvgIpc) is 3.23. The van der Waals surface area contributed by atoms with Crippen molar-refractivity contribution in [2.24, 2.45) is 0 Å². The van der Waals surface area contributed by atoms with Crippen molar-refractivity contribution >= 4 is 10.9 Å². The third-order valence-electron chi connectivity index (χ3n) is 5.05. The number of nitrogens with one attached hydrogen (secondary N) is 1. The van der Waals surface area contributed by atoms with E-state index in [1.165, 1.54) is 12.1 Å². The summed E-state index contributed by atoms with van der Waals surface area (Å²) in [5, 5.41) is 8.83. The minimum absolute atomic E-state index is 0.162. The number of halogens is 2. The highest BCUT2D eigenvalue weighted by Gasteiger charge is 2.10. The van der Waals surface area contributed by atoms with E-state index in [2.05, 4.69) is 22.3 Å². The lowest BCUT2D eigenvalue weighted by atomic mass is 10.1. The summed E-state index contributed by atoms with van der Waals surface area (Å²) in [6.45, 7) is 2.91. The Kier molecular flexibility index (Phi) is 6.61. The lowest BCUT2D eigenvalue weighted by molar-refractivity contribution is 0.303. The van der Waals surface area contributed by atoms with Gasteiger partial charge in [-0.2, -0.15) is 5.10 Å². The number of pyridine rings is 1. The molecule has 0 fully saturated rings. The molecule has 2 aromatic carbocycles. The first-order chi connectivity index (χ1) is 15.5. The molecule has 0 spiro atoms. The number of ether oxygens (including phenoxy) is 2. The molecule has 8 heteroatoms. The first kappa shape index (κ1) is 21.7. The molecule has 6 nitrogen and oxygen atoms in total. The van der Waals surface area contributed by atoms with Gasteiger partial charge in [-0.1, -0.05) is 0 Å². The number of hydrogen-bond acceptors (Lipinski definition) is 5. The van der Waals surface area contributed by atoms with Gasteiger partial charge in [0.25, 0.3) is 0 Å². The molecule has 1 atom stereocenters. The van der Waals surface area contributed by atoms with E-state index in [9.17, 15) is 8.78 Å². The first-order valence-corrected chi connectivity index (χ1v) is 10.3. The SMILES string of the molecule is COc1ccc2nccc(-n3cc(CC(C)NCCOc4cc(F)cc(F)c4)cn3)c2c1. The number of nitrogens with zero attached hydrogens (tertiary/aromatic N) is 3. The molecule has 0 radical (unpaired) electrons. The number of hydrogen-bond donors (Lipinski definition) is 1. The van der Waals surface area contributed by atoms with Crippen LogP contribution in [0.15, 0.2) is 61.1 Å². The molecular formula is C24H24F2N4O2. The fourth-order valence-corrected chi connectivity index (χ4v) is 3.55. The van der Waals surface area contributed by atoms with Crippen molar-refractivity contribution in [1.29, 1.82) is 0 Å². The zero-order valence-electron chi connectivity index (χ0n) is 17.9. The molecule has 1 unspecified atom stereocenters. The molecule has 0 aliphatic heterocycles. The van der Waals surface area contributed by atoms with Gasteiger partial charge in [0.1, 0.15) is 29.7 Å². The molecule has 0 amide bonds. The molecule has 0 aliphatic carbocycles. The van der Waals surface area contributed by atoms with E-state index in [0.717, 1.165) is 40.4 Å². The van der Waals surface area contributed by atoms with E-state index in [-0.39, 0.29) is 11.8 Å². The Labute approximate surface area is 184 Å². The first-order valence-electron chi connectivity index (χ1n) is 10.3. The third kappa shape index (κ3) is 5.20. The maximum absolute atomic E-state index is 13.2. The fraction of sp³-hybridized carbons (Fsp3) is 0.250. The largest absolute Gasteiger partial charge is 0.497 e. The molecular weight excluding hydrogens is 414 g/mol. The quantitative estimate of drug-likeness (QED) is 0.395. The number of benzene rings is 2. The minimum atomic E-state index is -0.654. The van der Waals surface area contributed by atoms with Crippen molar-refractivity contribution in [3.8, 4) is 17.2 Å².